The van der Waals surface area contributed by atoms with E-state index in [1.54, 1.807) is 18.3 Å². The van der Waals surface area contributed by atoms with E-state index in [0.717, 1.165) is 34.7 Å². The van der Waals surface area contributed by atoms with Crippen molar-refractivity contribution in [2.24, 2.45) is 0 Å². The normalized spacial score (nSPS) is 11.5. The first-order valence-electron chi connectivity index (χ1n) is 9.04. The standard InChI is InChI=1S/C21H20FN3O2/c1-2-3-4-16-11-18-17-9-10-24(13-14-5-7-15(22)8-6-14)19(17)12-23-20(18)21(26)25(16)27/h5-12,27H,2-4,13H2,1H3. The summed E-state index contributed by atoms with van der Waals surface area (Å²) in [6.45, 7) is 2.65. The Morgan fingerprint density at radius 2 is 1.93 bits per heavy atom. The molecule has 0 amide bonds. The Hall–Kier alpha value is -3.15. The summed E-state index contributed by atoms with van der Waals surface area (Å²) < 4.78 is 15.9. The van der Waals surface area contributed by atoms with Gasteiger partial charge in [-0.15, -0.1) is 0 Å². The van der Waals surface area contributed by atoms with Crippen LogP contribution in [0.2, 0.25) is 0 Å². The van der Waals surface area contributed by atoms with Gasteiger partial charge < -0.3 is 9.77 Å². The summed E-state index contributed by atoms with van der Waals surface area (Å²) >= 11 is 0. The SMILES string of the molecule is CCCCc1cc2c(ncc3c2ccn3Cc2ccc(F)cc2)c(=O)n1O. The second kappa shape index (κ2) is 6.87. The van der Waals surface area contributed by atoms with Gasteiger partial charge in [-0.2, -0.15) is 4.73 Å². The number of unbranched alkanes of at least 4 members (excludes halogenated alkanes) is 1. The van der Waals surface area contributed by atoms with Crippen LogP contribution in [0.15, 0.2) is 53.6 Å². The van der Waals surface area contributed by atoms with Crippen molar-refractivity contribution in [1.29, 1.82) is 0 Å². The molecule has 5 nitrogen and oxygen atoms in total. The van der Waals surface area contributed by atoms with Crippen molar-refractivity contribution in [1.82, 2.24) is 14.3 Å². The molecule has 0 unspecified atom stereocenters. The summed E-state index contributed by atoms with van der Waals surface area (Å²) in [6, 6.07) is 10.2. The fourth-order valence-corrected chi connectivity index (χ4v) is 3.41. The number of nitrogens with zero attached hydrogens (tertiary/aromatic N) is 3. The number of pyridine rings is 2. The highest BCUT2D eigenvalue weighted by atomic mass is 19.1. The zero-order valence-electron chi connectivity index (χ0n) is 15.0. The molecule has 0 saturated heterocycles. The van der Waals surface area contributed by atoms with Crippen LogP contribution in [-0.4, -0.2) is 19.5 Å². The summed E-state index contributed by atoms with van der Waals surface area (Å²) in [6.07, 6.45) is 6.08. The van der Waals surface area contributed by atoms with Crippen molar-refractivity contribution < 1.29 is 9.60 Å². The van der Waals surface area contributed by atoms with E-state index >= 15 is 0 Å². The van der Waals surface area contributed by atoms with Gasteiger partial charge in [0.2, 0.25) is 0 Å². The third kappa shape index (κ3) is 3.07. The third-order valence-electron chi connectivity index (χ3n) is 4.90. The van der Waals surface area contributed by atoms with Crippen molar-refractivity contribution in [2.45, 2.75) is 32.7 Å². The Bertz CT molecular complexity index is 1180. The Morgan fingerprint density at radius 3 is 2.67 bits per heavy atom. The molecule has 0 fully saturated rings. The number of fused-ring (bicyclic) bond motifs is 3. The maximum atomic E-state index is 13.1. The van der Waals surface area contributed by atoms with E-state index in [2.05, 4.69) is 11.9 Å². The molecule has 4 aromatic rings. The average Bonchev–Trinajstić information content (AvgIpc) is 3.08. The molecular formula is C21H20FN3O2. The highest BCUT2D eigenvalue weighted by Crippen LogP contribution is 2.25. The molecule has 27 heavy (non-hydrogen) atoms. The number of hydrogen-bond donors (Lipinski definition) is 1. The van der Waals surface area contributed by atoms with Crippen molar-refractivity contribution in [3.05, 3.63) is 76.2 Å². The quantitative estimate of drug-likeness (QED) is 0.541. The van der Waals surface area contributed by atoms with Crippen LogP contribution in [0.25, 0.3) is 21.8 Å². The zero-order valence-corrected chi connectivity index (χ0v) is 15.0. The molecule has 4 rings (SSSR count). The molecule has 0 aliphatic rings. The third-order valence-corrected chi connectivity index (χ3v) is 4.90. The average molecular weight is 365 g/mol. The summed E-state index contributed by atoms with van der Waals surface area (Å²) in [5.41, 5.74) is 2.22. The van der Waals surface area contributed by atoms with Gasteiger partial charge in [0, 0.05) is 23.5 Å². The zero-order chi connectivity index (χ0) is 19.0. The minimum Gasteiger partial charge on any atom is -0.425 e. The molecule has 0 spiro atoms. The molecule has 0 atom stereocenters. The monoisotopic (exact) mass is 365 g/mol. The van der Waals surface area contributed by atoms with E-state index in [4.69, 9.17) is 0 Å². The predicted octanol–water partition coefficient (Wildman–Crippen LogP) is 4.12. The summed E-state index contributed by atoms with van der Waals surface area (Å²) in [7, 11) is 0. The van der Waals surface area contributed by atoms with Gasteiger partial charge >= 0.3 is 5.56 Å². The van der Waals surface area contributed by atoms with Crippen LogP contribution in [0.5, 0.6) is 0 Å². The molecule has 0 aliphatic carbocycles. The van der Waals surface area contributed by atoms with Gasteiger partial charge in [0.15, 0.2) is 0 Å². The summed E-state index contributed by atoms with van der Waals surface area (Å²) in [5, 5.41) is 11.8. The van der Waals surface area contributed by atoms with Gasteiger partial charge in [0.1, 0.15) is 11.3 Å². The second-order valence-electron chi connectivity index (χ2n) is 6.75. The van der Waals surface area contributed by atoms with Crippen LogP contribution < -0.4 is 5.56 Å². The highest BCUT2D eigenvalue weighted by molar-refractivity contribution is 6.04. The van der Waals surface area contributed by atoms with Crippen LogP contribution in [0.4, 0.5) is 4.39 Å². The molecule has 3 aromatic heterocycles. The lowest BCUT2D eigenvalue weighted by Gasteiger charge is -2.10. The fourth-order valence-electron chi connectivity index (χ4n) is 3.41. The van der Waals surface area contributed by atoms with Crippen molar-refractivity contribution in [3.8, 4) is 0 Å². The lowest BCUT2D eigenvalue weighted by atomic mass is 10.1. The molecule has 0 saturated carbocycles. The molecule has 6 heteroatoms. The van der Waals surface area contributed by atoms with E-state index in [1.165, 1.54) is 12.1 Å². The van der Waals surface area contributed by atoms with Gasteiger partial charge in [-0.05, 0) is 42.7 Å². The number of rotatable bonds is 5. The van der Waals surface area contributed by atoms with Crippen LogP contribution in [-0.2, 0) is 13.0 Å². The number of hydrogen-bond acceptors (Lipinski definition) is 3. The second-order valence-corrected chi connectivity index (χ2v) is 6.75. The van der Waals surface area contributed by atoms with Crippen molar-refractivity contribution >= 4 is 21.8 Å². The van der Waals surface area contributed by atoms with Gasteiger partial charge in [-0.1, -0.05) is 25.5 Å². The molecule has 0 aliphatic heterocycles. The molecule has 3 heterocycles. The van der Waals surface area contributed by atoms with Crippen LogP contribution >= 0.6 is 0 Å². The van der Waals surface area contributed by atoms with Gasteiger partial charge in [-0.25, -0.2) is 9.37 Å². The first kappa shape index (κ1) is 17.3. The van der Waals surface area contributed by atoms with Crippen LogP contribution in [0, 0.1) is 5.82 Å². The first-order valence-corrected chi connectivity index (χ1v) is 9.04. The van der Waals surface area contributed by atoms with Gasteiger partial charge in [0.05, 0.1) is 17.4 Å². The number of aromatic nitrogens is 3. The van der Waals surface area contributed by atoms with E-state index in [0.29, 0.717) is 23.4 Å². The fraction of sp³-hybridized carbons (Fsp3) is 0.238. The Balaban J connectivity index is 1.84. The van der Waals surface area contributed by atoms with Gasteiger partial charge in [-0.3, -0.25) is 4.79 Å². The number of benzene rings is 1. The Morgan fingerprint density at radius 1 is 1.15 bits per heavy atom. The highest BCUT2D eigenvalue weighted by Gasteiger charge is 2.14. The minimum atomic E-state index is -0.494. The van der Waals surface area contributed by atoms with Crippen molar-refractivity contribution in [3.63, 3.8) is 0 Å². The molecular weight excluding hydrogens is 345 g/mol. The molecule has 138 valence electrons. The van der Waals surface area contributed by atoms with Gasteiger partial charge in [0.25, 0.3) is 0 Å². The predicted molar refractivity (Wildman–Crippen MR) is 103 cm³/mol. The lowest BCUT2D eigenvalue weighted by molar-refractivity contribution is 0.166. The topological polar surface area (TPSA) is 60.0 Å². The van der Waals surface area contributed by atoms with E-state index in [9.17, 15) is 14.4 Å². The lowest BCUT2D eigenvalue weighted by Crippen LogP contribution is -2.22. The van der Waals surface area contributed by atoms with E-state index < -0.39 is 5.56 Å². The maximum Gasteiger partial charge on any atom is 0.309 e. The minimum absolute atomic E-state index is 0.254. The van der Waals surface area contributed by atoms with Crippen LogP contribution in [0.1, 0.15) is 31.0 Å². The number of halogens is 1. The molecule has 1 N–H and O–H groups in total. The summed E-state index contributed by atoms with van der Waals surface area (Å²) in [4.78, 5) is 16.8. The molecule has 0 bridgehead atoms. The first-order chi connectivity index (χ1) is 13.1. The largest absolute Gasteiger partial charge is 0.425 e. The van der Waals surface area contributed by atoms with Crippen molar-refractivity contribution in [2.75, 3.05) is 0 Å². The van der Waals surface area contributed by atoms with Crippen LogP contribution in [0.3, 0.4) is 0 Å². The Labute approximate surface area is 155 Å². The molecule has 0 radical (unpaired) electrons. The Kier molecular flexibility index (Phi) is 4.39. The van der Waals surface area contributed by atoms with E-state index in [-0.39, 0.29) is 11.3 Å². The number of aryl methyl sites for hydroxylation is 1. The smallest absolute Gasteiger partial charge is 0.309 e. The molecule has 1 aromatic carbocycles. The van der Waals surface area contributed by atoms with E-state index in [1.807, 2.05) is 22.9 Å². The summed E-state index contributed by atoms with van der Waals surface area (Å²) in [5.74, 6) is -0.260. The maximum absolute atomic E-state index is 13.1.